The van der Waals surface area contributed by atoms with Crippen molar-refractivity contribution in [3.05, 3.63) is 71.8 Å². The van der Waals surface area contributed by atoms with Crippen molar-refractivity contribution in [2.75, 3.05) is 0 Å². The van der Waals surface area contributed by atoms with Gasteiger partial charge in [0.05, 0.1) is 5.38 Å². The second-order valence-electron chi connectivity index (χ2n) is 4.54. The van der Waals surface area contributed by atoms with Gasteiger partial charge >= 0.3 is 0 Å². The third-order valence-corrected chi connectivity index (χ3v) is 4.24. The summed E-state index contributed by atoms with van der Waals surface area (Å²) in [5, 5.41) is -0.580. The van der Waals surface area contributed by atoms with Crippen molar-refractivity contribution < 1.29 is 4.79 Å². The van der Waals surface area contributed by atoms with Gasteiger partial charge < -0.3 is 0 Å². The van der Waals surface area contributed by atoms with Crippen LogP contribution in [-0.4, -0.2) is 10.7 Å². The number of ketones is 1. The maximum Gasteiger partial charge on any atom is 0.185 e. The highest BCUT2D eigenvalue weighted by Crippen LogP contribution is 2.39. The summed E-state index contributed by atoms with van der Waals surface area (Å²) < 4.78 is 0. The van der Waals surface area contributed by atoms with Gasteiger partial charge in [0.15, 0.2) is 5.78 Å². The maximum atomic E-state index is 12.5. The first kappa shape index (κ1) is 14.1. The molecule has 0 aliphatic carbocycles. The molecule has 2 atom stereocenters. The summed E-state index contributed by atoms with van der Waals surface area (Å²) in [7, 11) is 0. The normalized spacial score (nSPS) is 15.5. The van der Waals surface area contributed by atoms with E-state index < -0.39 is 10.3 Å². The Morgan fingerprint density at radius 2 is 1.47 bits per heavy atom. The summed E-state index contributed by atoms with van der Waals surface area (Å²) in [5.74, 6) is -0.168. The number of hydrogen-bond donors (Lipinski definition) is 0. The number of carbonyl (C=O) groups excluding carboxylic acids is 1. The van der Waals surface area contributed by atoms with Gasteiger partial charge in [0.2, 0.25) is 0 Å². The number of benzene rings is 2. The minimum Gasteiger partial charge on any atom is -0.292 e. The minimum absolute atomic E-state index is 0.168. The fraction of sp³-hybridized carbons (Fsp3) is 0.188. The molecule has 0 saturated carbocycles. The molecule has 3 heteroatoms. The molecular formula is C16H14Cl2O. The predicted octanol–water partition coefficient (Wildman–Crippen LogP) is 4.85. The largest absolute Gasteiger partial charge is 0.292 e. The van der Waals surface area contributed by atoms with Crippen molar-refractivity contribution in [3.63, 3.8) is 0 Å². The van der Waals surface area contributed by atoms with Crippen LogP contribution in [0.1, 0.15) is 28.2 Å². The van der Waals surface area contributed by atoms with Crippen LogP contribution in [0.25, 0.3) is 0 Å². The van der Waals surface area contributed by atoms with E-state index in [1.165, 1.54) is 0 Å². The Bertz CT molecular complexity index is 549. The van der Waals surface area contributed by atoms with Crippen LogP contribution < -0.4 is 0 Å². The van der Waals surface area contributed by atoms with E-state index in [1.807, 2.05) is 48.5 Å². The Morgan fingerprint density at radius 1 is 1.00 bits per heavy atom. The highest BCUT2D eigenvalue weighted by molar-refractivity contribution is 6.43. The van der Waals surface area contributed by atoms with E-state index >= 15 is 0 Å². The summed E-state index contributed by atoms with van der Waals surface area (Å²) in [6.07, 6.45) is 0. The molecule has 19 heavy (non-hydrogen) atoms. The van der Waals surface area contributed by atoms with Crippen molar-refractivity contribution in [2.45, 2.75) is 17.2 Å². The third-order valence-electron chi connectivity index (χ3n) is 3.05. The summed E-state index contributed by atoms with van der Waals surface area (Å²) in [6.45, 7) is 1.66. The van der Waals surface area contributed by atoms with E-state index in [0.717, 1.165) is 5.56 Å². The van der Waals surface area contributed by atoms with Crippen LogP contribution in [-0.2, 0) is 0 Å². The number of Topliss-reactive ketones (excluding diaryl/α,β-unsaturated/α-hetero) is 1. The summed E-state index contributed by atoms with van der Waals surface area (Å²) in [5.41, 5.74) is 1.41. The van der Waals surface area contributed by atoms with Gasteiger partial charge in [-0.2, -0.15) is 0 Å². The van der Waals surface area contributed by atoms with Crippen molar-refractivity contribution in [3.8, 4) is 0 Å². The Kier molecular flexibility index (Phi) is 4.28. The molecule has 2 rings (SSSR count). The third kappa shape index (κ3) is 2.99. The predicted molar refractivity (Wildman–Crippen MR) is 80.1 cm³/mol. The maximum absolute atomic E-state index is 12.5. The SMILES string of the molecule is C[C@](Cl)(C(=O)c1ccccc1)[C@H](Cl)c1ccccc1. The molecule has 0 unspecified atom stereocenters. The van der Waals surface area contributed by atoms with Crippen LogP contribution >= 0.6 is 23.2 Å². The molecule has 0 fully saturated rings. The summed E-state index contributed by atoms with van der Waals surface area (Å²) in [6, 6.07) is 18.4. The van der Waals surface area contributed by atoms with Crippen LogP contribution in [0.4, 0.5) is 0 Å². The average Bonchev–Trinajstić information content (AvgIpc) is 2.47. The average molecular weight is 293 g/mol. The molecule has 2 aromatic carbocycles. The van der Waals surface area contributed by atoms with Crippen LogP contribution in [0.5, 0.6) is 0 Å². The highest BCUT2D eigenvalue weighted by atomic mass is 35.5. The number of hydrogen-bond acceptors (Lipinski definition) is 1. The van der Waals surface area contributed by atoms with Gasteiger partial charge in [-0.1, -0.05) is 60.7 Å². The molecule has 0 saturated heterocycles. The van der Waals surface area contributed by atoms with Gasteiger partial charge in [-0.25, -0.2) is 0 Å². The molecule has 0 aliphatic rings. The molecule has 0 radical (unpaired) electrons. The molecule has 0 amide bonds. The number of alkyl halides is 2. The van der Waals surface area contributed by atoms with Gasteiger partial charge in [0, 0.05) is 5.56 Å². The van der Waals surface area contributed by atoms with E-state index in [0.29, 0.717) is 5.56 Å². The van der Waals surface area contributed by atoms with Crippen LogP contribution in [0.3, 0.4) is 0 Å². The van der Waals surface area contributed by atoms with Crippen LogP contribution in [0.15, 0.2) is 60.7 Å². The topological polar surface area (TPSA) is 17.1 Å². The van der Waals surface area contributed by atoms with E-state index in [4.69, 9.17) is 23.2 Å². The minimum atomic E-state index is -1.18. The lowest BCUT2D eigenvalue weighted by Crippen LogP contribution is -2.33. The molecule has 2 aromatic rings. The number of rotatable bonds is 4. The summed E-state index contributed by atoms with van der Waals surface area (Å²) >= 11 is 12.8. The lowest BCUT2D eigenvalue weighted by Gasteiger charge is -2.26. The molecule has 98 valence electrons. The van der Waals surface area contributed by atoms with E-state index in [2.05, 4.69) is 0 Å². The molecule has 0 heterocycles. The van der Waals surface area contributed by atoms with Gasteiger partial charge in [-0.05, 0) is 12.5 Å². The molecule has 0 bridgehead atoms. The molecule has 0 aliphatic heterocycles. The second kappa shape index (κ2) is 5.77. The fourth-order valence-electron chi connectivity index (χ4n) is 1.92. The Hall–Kier alpha value is -1.31. The van der Waals surface area contributed by atoms with E-state index in [1.54, 1.807) is 19.1 Å². The quantitative estimate of drug-likeness (QED) is 0.582. The second-order valence-corrected chi connectivity index (χ2v) is 5.77. The first-order valence-corrected chi connectivity index (χ1v) is 6.82. The van der Waals surface area contributed by atoms with E-state index in [9.17, 15) is 4.79 Å². The summed E-state index contributed by atoms with van der Waals surface area (Å²) in [4.78, 5) is 11.3. The highest BCUT2D eigenvalue weighted by Gasteiger charge is 2.39. The fourth-order valence-corrected chi connectivity index (χ4v) is 2.40. The zero-order chi connectivity index (χ0) is 13.9. The Balaban J connectivity index is 2.30. The number of halogens is 2. The van der Waals surface area contributed by atoms with E-state index in [-0.39, 0.29) is 5.78 Å². The standard InChI is InChI=1S/C16H14Cl2O/c1-16(18,14(17)12-8-4-2-5-9-12)15(19)13-10-6-3-7-11-13/h2-11,14H,1H3/t14-,16-/m1/s1. The first-order chi connectivity index (χ1) is 9.03. The first-order valence-electron chi connectivity index (χ1n) is 6.01. The molecule has 0 spiro atoms. The van der Waals surface area contributed by atoms with Crippen molar-refractivity contribution in [1.82, 2.24) is 0 Å². The van der Waals surface area contributed by atoms with Gasteiger partial charge in [0.1, 0.15) is 4.87 Å². The molecule has 0 N–H and O–H groups in total. The molecule has 1 nitrogen and oxygen atoms in total. The van der Waals surface area contributed by atoms with Crippen molar-refractivity contribution in [2.24, 2.45) is 0 Å². The molecule has 0 aromatic heterocycles. The number of carbonyl (C=O) groups is 1. The monoisotopic (exact) mass is 292 g/mol. The Labute approximate surface area is 123 Å². The lowest BCUT2D eigenvalue weighted by molar-refractivity contribution is 0.0944. The van der Waals surface area contributed by atoms with Gasteiger partial charge in [-0.15, -0.1) is 23.2 Å². The Morgan fingerprint density at radius 3 is 2.00 bits per heavy atom. The van der Waals surface area contributed by atoms with Crippen molar-refractivity contribution >= 4 is 29.0 Å². The smallest absolute Gasteiger partial charge is 0.185 e. The zero-order valence-electron chi connectivity index (χ0n) is 10.5. The van der Waals surface area contributed by atoms with Gasteiger partial charge in [0.25, 0.3) is 0 Å². The van der Waals surface area contributed by atoms with Crippen molar-refractivity contribution in [1.29, 1.82) is 0 Å². The lowest BCUT2D eigenvalue weighted by atomic mass is 9.91. The molecular weight excluding hydrogens is 279 g/mol. The van der Waals surface area contributed by atoms with Crippen LogP contribution in [0, 0.1) is 0 Å². The zero-order valence-corrected chi connectivity index (χ0v) is 12.0. The van der Waals surface area contributed by atoms with Crippen LogP contribution in [0.2, 0.25) is 0 Å². The van der Waals surface area contributed by atoms with Gasteiger partial charge in [-0.3, -0.25) is 4.79 Å².